The molecule has 0 heterocycles. The first-order chi connectivity index (χ1) is 4.19. The van der Waals surface area contributed by atoms with Crippen LogP contribution in [0, 0.1) is 0 Å². The van der Waals surface area contributed by atoms with E-state index in [-0.39, 0.29) is 0 Å². The van der Waals surface area contributed by atoms with Crippen LogP contribution in [-0.2, 0) is 4.57 Å². The van der Waals surface area contributed by atoms with Gasteiger partial charge in [-0.1, -0.05) is 4.57 Å². The van der Waals surface area contributed by atoms with Gasteiger partial charge in [0.1, 0.15) is 0 Å². The highest BCUT2D eigenvalue weighted by Crippen LogP contribution is 2.48. The summed E-state index contributed by atoms with van der Waals surface area (Å²) in [5.41, 5.74) is -5.61. The van der Waals surface area contributed by atoms with Gasteiger partial charge in [-0.15, -0.1) is 8.78 Å². The summed E-state index contributed by atoms with van der Waals surface area (Å²) >= 11 is 0. The van der Waals surface area contributed by atoms with Gasteiger partial charge in [0.15, 0.2) is 0 Å². The number of rotatable bonds is 1. The molecule has 0 rings (SSSR count). The van der Waals surface area contributed by atoms with Crippen molar-refractivity contribution >= 4 is 8.03 Å². The maximum Gasteiger partial charge on any atom is 0.536 e. The first-order valence-corrected chi connectivity index (χ1v) is 2.96. The third-order valence-electron chi connectivity index (χ3n) is 0.570. The molecule has 0 aromatic heterocycles. The average molecular weight is 182 g/mol. The molecule has 1 unspecified atom stereocenters. The molecule has 0 aliphatic rings. The highest BCUT2D eigenvalue weighted by atomic mass is 31.1. The molecule has 0 aromatic carbocycles. The van der Waals surface area contributed by atoms with Crippen molar-refractivity contribution < 1.29 is 31.4 Å². The van der Waals surface area contributed by atoms with Crippen molar-refractivity contribution in [3.63, 3.8) is 0 Å². The molecule has 0 radical (unpaired) electrons. The lowest BCUT2D eigenvalue weighted by Crippen LogP contribution is -2.34. The molecule has 0 saturated heterocycles. The smallest absolute Gasteiger partial charge is 0.536 e. The summed E-state index contributed by atoms with van der Waals surface area (Å²) in [5, 5.41) is 0. The van der Waals surface area contributed by atoms with Crippen molar-refractivity contribution in [1.29, 1.82) is 0 Å². The fourth-order valence-corrected chi connectivity index (χ4v) is 0.311. The number of hydrogen-bond acceptors (Lipinski definition) is 2. The second-order valence-electron chi connectivity index (χ2n) is 1.30. The number of alkyl halides is 5. The lowest BCUT2D eigenvalue weighted by atomic mass is 10.7. The first-order valence-electron chi connectivity index (χ1n) is 1.78. The zero-order chi connectivity index (χ0) is 8.58. The monoisotopic (exact) mass is 182 g/mol. The van der Waals surface area contributed by atoms with E-state index >= 15 is 0 Å². The normalized spacial score (nSPS) is 15.2. The van der Waals surface area contributed by atoms with Crippen LogP contribution < -0.4 is 4.89 Å². The quantitative estimate of drug-likeness (QED) is 0.452. The summed E-state index contributed by atoms with van der Waals surface area (Å²) < 4.78 is 64.7. The zero-order valence-corrected chi connectivity index (χ0v) is 5.05. The van der Waals surface area contributed by atoms with Crippen molar-refractivity contribution in [2.24, 2.45) is 0 Å². The summed E-state index contributed by atoms with van der Waals surface area (Å²) in [4.78, 5) is 9.23. The molecule has 0 fully saturated rings. The van der Waals surface area contributed by atoms with Crippen molar-refractivity contribution in [3.05, 3.63) is 0 Å². The van der Waals surface area contributed by atoms with Gasteiger partial charge < -0.3 is 4.89 Å². The van der Waals surface area contributed by atoms with Crippen LogP contribution in [0.1, 0.15) is 0 Å². The van der Waals surface area contributed by atoms with E-state index in [2.05, 4.69) is 0 Å². The van der Waals surface area contributed by atoms with E-state index in [1.807, 2.05) is 0 Å². The molecule has 0 saturated carbocycles. The Balaban J connectivity index is 4.57. The molecule has 2 nitrogen and oxygen atoms in total. The van der Waals surface area contributed by atoms with Crippen molar-refractivity contribution in [3.8, 4) is 0 Å². The van der Waals surface area contributed by atoms with Crippen LogP contribution in [0.4, 0.5) is 22.0 Å². The fraction of sp³-hybridized carbons (Fsp3) is 1.00. The summed E-state index contributed by atoms with van der Waals surface area (Å²) in [7, 11) is -4.79. The zero-order valence-electron chi connectivity index (χ0n) is 4.15. The highest BCUT2D eigenvalue weighted by Gasteiger charge is 2.69. The van der Waals surface area contributed by atoms with E-state index in [9.17, 15) is 31.4 Å². The van der Waals surface area contributed by atoms with E-state index in [1.165, 1.54) is 0 Å². The second-order valence-corrected chi connectivity index (χ2v) is 2.37. The lowest BCUT2D eigenvalue weighted by Gasteiger charge is -2.09. The van der Waals surface area contributed by atoms with Crippen LogP contribution in [0.25, 0.3) is 0 Å². The molecule has 0 aliphatic carbocycles. The Morgan fingerprint density at radius 3 is 1.40 bits per heavy atom. The van der Waals surface area contributed by atoms with Gasteiger partial charge in [-0.2, -0.15) is 13.2 Å². The molecule has 0 bridgehead atoms. The Morgan fingerprint density at radius 2 is 1.40 bits per heavy atom. The minimum atomic E-state index is -6.01. The number of hydrogen-bond donors (Lipinski definition) is 0. The Hall–Kier alpha value is -0.290. The minimum Gasteiger partial charge on any atom is -0.590 e. The molecule has 10 heavy (non-hydrogen) atoms. The van der Waals surface area contributed by atoms with Gasteiger partial charge in [-0.25, -0.2) is 0 Å². The van der Waals surface area contributed by atoms with Crippen LogP contribution in [0.2, 0.25) is 0 Å². The summed E-state index contributed by atoms with van der Waals surface area (Å²) in [5.74, 6) is 0. The van der Waals surface area contributed by atoms with Crippen molar-refractivity contribution in [2.45, 2.75) is 11.8 Å². The van der Waals surface area contributed by atoms with Gasteiger partial charge in [0.2, 0.25) is 0 Å². The predicted octanol–water partition coefficient (Wildman–Crippen LogP) is 1.24. The number of halogens is 5. The van der Waals surface area contributed by atoms with Crippen molar-refractivity contribution in [1.82, 2.24) is 0 Å². The van der Waals surface area contributed by atoms with E-state index in [4.69, 9.17) is 0 Å². The molecule has 1 atom stereocenters. The van der Waals surface area contributed by atoms with Crippen LogP contribution in [-0.4, -0.2) is 11.8 Å². The Labute approximate surface area is 52.5 Å². The predicted molar refractivity (Wildman–Crippen MR) is 18.6 cm³/mol. The van der Waals surface area contributed by atoms with Crippen molar-refractivity contribution in [2.75, 3.05) is 0 Å². The van der Waals surface area contributed by atoms with Gasteiger partial charge in [0, 0.05) is 0 Å². The van der Waals surface area contributed by atoms with E-state index < -0.39 is 19.9 Å². The first kappa shape index (κ1) is 9.71. The lowest BCUT2D eigenvalue weighted by molar-refractivity contribution is -0.269. The Morgan fingerprint density at radius 1 is 1.10 bits per heavy atom. The van der Waals surface area contributed by atoms with Crippen LogP contribution in [0.5, 0.6) is 0 Å². The van der Waals surface area contributed by atoms with Gasteiger partial charge in [-0.05, 0) is 0 Å². The molecule has 60 valence electrons. The minimum absolute atomic E-state index is 4.79. The SMILES string of the molecule is O=[P+]([O-])C(F)(F)C(F)(F)F. The fourth-order valence-electron chi connectivity index (χ4n) is 0.104. The summed E-state index contributed by atoms with van der Waals surface area (Å²) in [6, 6.07) is 0. The molecule has 0 amide bonds. The molecule has 0 spiro atoms. The third-order valence-corrected chi connectivity index (χ3v) is 1.28. The van der Waals surface area contributed by atoms with Crippen LogP contribution in [0.15, 0.2) is 0 Å². The van der Waals surface area contributed by atoms with E-state index in [1.54, 1.807) is 0 Å². The maximum atomic E-state index is 11.3. The molecule has 0 aliphatic heterocycles. The highest BCUT2D eigenvalue weighted by molar-refractivity contribution is 7.38. The van der Waals surface area contributed by atoms with Crippen LogP contribution >= 0.6 is 8.03 Å². The molecular formula is C2F5O2P. The Bertz CT molecular complexity index is 150. The summed E-state index contributed by atoms with van der Waals surface area (Å²) in [6.07, 6.45) is -6.01. The molecular weight excluding hydrogens is 182 g/mol. The van der Waals surface area contributed by atoms with Gasteiger partial charge in [0.25, 0.3) is 0 Å². The van der Waals surface area contributed by atoms with Gasteiger partial charge >= 0.3 is 19.9 Å². The topological polar surface area (TPSA) is 40.1 Å². The third kappa shape index (κ3) is 1.60. The van der Waals surface area contributed by atoms with Crippen LogP contribution in [0.3, 0.4) is 0 Å². The average Bonchev–Trinajstić information content (AvgIpc) is 1.62. The largest absolute Gasteiger partial charge is 0.590 e. The molecule has 0 aromatic rings. The standard InChI is InChI=1S/C2F5O2P/c3-1(4,5)2(6,7)10(8)9. The maximum absolute atomic E-state index is 11.3. The Kier molecular flexibility index (Phi) is 2.32. The second kappa shape index (κ2) is 2.39. The van der Waals surface area contributed by atoms with E-state index in [0.29, 0.717) is 0 Å². The van der Waals surface area contributed by atoms with Gasteiger partial charge in [0.05, 0.1) is 0 Å². The molecule has 0 N–H and O–H groups in total. The van der Waals surface area contributed by atoms with Gasteiger partial charge in [-0.3, -0.25) is 0 Å². The van der Waals surface area contributed by atoms with E-state index in [0.717, 1.165) is 0 Å². The summed E-state index contributed by atoms with van der Waals surface area (Å²) in [6.45, 7) is 0. The molecule has 8 heteroatoms.